The minimum absolute atomic E-state index is 0.0409. The van der Waals surface area contributed by atoms with E-state index in [1.807, 2.05) is 44.3 Å². The number of amides is 1. The summed E-state index contributed by atoms with van der Waals surface area (Å²) < 4.78 is 6.31. The van der Waals surface area contributed by atoms with Gasteiger partial charge in [0.1, 0.15) is 12.4 Å². The van der Waals surface area contributed by atoms with E-state index in [1.165, 1.54) is 0 Å². The van der Waals surface area contributed by atoms with E-state index in [9.17, 15) is 20.3 Å². The Morgan fingerprint density at radius 3 is 2.64 bits per heavy atom. The lowest BCUT2D eigenvalue weighted by molar-refractivity contribution is -0.134. The molecule has 3 aliphatic rings. The van der Waals surface area contributed by atoms with Crippen LogP contribution in [0.4, 0.5) is 5.13 Å². The SMILES string of the molecule is Cc1ccc(OCc2ccc(CN3CCN(C)C(=O)C3)cc2C#N)c(-c2csc(N3CC4CC[C@H](C3)C4C(O)O)n2)c1. The van der Waals surface area contributed by atoms with Crippen LogP contribution in [0, 0.1) is 36.0 Å². The number of hydrogen-bond donors (Lipinski definition) is 2. The molecule has 2 aromatic carbocycles. The molecule has 6 rings (SSSR count). The van der Waals surface area contributed by atoms with Crippen LogP contribution >= 0.6 is 11.3 Å². The Hall–Kier alpha value is -3.49. The average molecular weight is 588 g/mol. The van der Waals surface area contributed by atoms with Gasteiger partial charge in [-0.2, -0.15) is 5.26 Å². The molecule has 2 aliphatic heterocycles. The van der Waals surface area contributed by atoms with Crippen LogP contribution < -0.4 is 9.64 Å². The predicted molar refractivity (Wildman–Crippen MR) is 161 cm³/mol. The number of aromatic nitrogens is 1. The van der Waals surface area contributed by atoms with E-state index in [0.29, 0.717) is 30.9 Å². The maximum atomic E-state index is 12.1. The van der Waals surface area contributed by atoms with Crippen LogP contribution in [-0.2, 0) is 17.9 Å². The first-order chi connectivity index (χ1) is 20.3. The molecule has 3 aromatic rings. The third-order valence-corrected chi connectivity index (χ3v) is 9.95. The molecule has 0 radical (unpaired) electrons. The first-order valence-electron chi connectivity index (χ1n) is 14.6. The minimum atomic E-state index is -1.25. The molecule has 3 fully saturated rings. The zero-order chi connectivity index (χ0) is 29.4. The van der Waals surface area contributed by atoms with Crippen LogP contribution in [0.15, 0.2) is 41.8 Å². The number of nitriles is 1. The number of rotatable bonds is 8. The van der Waals surface area contributed by atoms with Gasteiger partial charge in [0.15, 0.2) is 11.4 Å². The van der Waals surface area contributed by atoms with E-state index in [2.05, 4.69) is 27.3 Å². The van der Waals surface area contributed by atoms with Crippen molar-refractivity contribution in [2.75, 3.05) is 44.7 Å². The van der Waals surface area contributed by atoms with Crippen molar-refractivity contribution in [2.45, 2.75) is 39.2 Å². The van der Waals surface area contributed by atoms with Crippen molar-refractivity contribution in [3.63, 3.8) is 0 Å². The summed E-state index contributed by atoms with van der Waals surface area (Å²) in [5, 5.41) is 32.6. The van der Waals surface area contributed by atoms with Gasteiger partial charge in [0.2, 0.25) is 5.91 Å². The smallest absolute Gasteiger partial charge is 0.236 e. The van der Waals surface area contributed by atoms with Crippen LogP contribution in [0.1, 0.15) is 35.1 Å². The van der Waals surface area contributed by atoms with Crippen molar-refractivity contribution in [1.82, 2.24) is 14.8 Å². The number of carbonyl (C=O) groups excluding carboxylic acids is 1. The minimum Gasteiger partial charge on any atom is -0.488 e. The fourth-order valence-electron chi connectivity index (χ4n) is 6.72. The lowest BCUT2D eigenvalue weighted by atomic mass is 9.85. The van der Waals surface area contributed by atoms with Gasteiger partial charge < -0.3 is 24.7 Å². The van der Waals surface area contributed by atoms with E-state index < -0.39 is 6.29 Å². The molecule has 1 aliphatic carbocycles. The molecule has 2 N–H and O–H groups in total. The highest BCUT2D eigenvalue weighted by Crippen LogP contribution is 2.45. The predicted octanol–water partition coefficient (Wildman–Crippen LogP) is 3.62. The number of piperazine rings is 1. The molecule has 0 spiro atoms. The summed E-state index contributed by atoms with van der Waals surface area (Å²) in [6.07, 6.45) is 0.807. The molecule has 1 aromatic heterocycles. The fraction of sp³-hybridized carbons (Fsp3) is 0.469. The molecular formula is C32H37N5O4S. The van der Waals surface area contributed by atoms with Crippen LogP contribution in [0.2, 0.25) is 0 Å². The average Bonchev–Trinajstić information content (AvgIpc) is 3.57. The standard InChI is InChI=1S/C32H37N5O4S/c1-20-3-8-28(41-18-24-5-4-21(12-25(24)13-33)14-36-10-9-35(2)29(38)17-36)26(11-20)27-19-42-32(34-27)37-15-22-6-7-23(16-37)30(22)31(39)40/h3-5,8,11-12,19,22-23,30-31,39-40H,6-7,9-10,14-18H2,1-2H3/t22-,23?,30?/m1/s1. The number of ether oxygens (including phenoxy) is 1. The van der Waals surface area contributed by atoms with Crippen molar-refractivity contribution >= 4 is 22.4 Å². The van der Waals surface area contributed by atoms with Gasteiger partial charge in [-0.25, -0.2) is 4.98 Å². The number of piperidine rings is 1. The number of nitrogens with zero attached hydrogens (tertiary/aromatic N) is 5. The molecule has 9 nitrogen and oxygen atoms in total. The van der Waals surface area contributed by atoms with Crippen molar-refractivity contribution in [2.24, 2.45) is 17.8 Å². The van der Waals surface area contributed by atoms with Gasteiger partial charge in [0.25, 0.3) is 0 Å². The summed E-state index contributed by atoms with van der Waals surface area (Å²) in [6.45, 7) is 6.43. The highest BCUT2D eigenvalue weighted by Gasteiger charge is 2.45. The molecule has 2 unspecified atom stereocenters. The normalized spacial score (nSPS) is 22.6. The molecular weight excluding hydrogens is 550 g/mol. The van der Waals surface area contributed by atoms with Gasteiger partial charge in [-0.05, 0) is 55.4 Å². The van der Waals surface area contributed by atoms with Crippen molar-refractivity contribution in [3.05, 3.63) is 64.0 Å². The Kier molecular flexibility index (Phi) is 8.19. The number of anilines is 1. The molecule has 220 valence electrons. The summed E-state index contributed by atoms with van der Waals surface area (Å²) in [4.78, 5) is 23.2. The molecule has 2 saturated heterocycles. The number of likely N-dealkylation sites (N-methyl/N-ethyl adjacent to an activating group) is 1. The second kappa shape index (κ2) is 12.0. The lowest BCUT2D eigenvalue weighted by Crippen LogP contribution is -2.47. The van der Waals surface area contributed by atoms with Crippen LogP contribution in [0.3, 0.4) is 0 Å². The van der Waals surface area contributed by atoms with Crippen molar-refractivity contribution in [1.29, 1.82) is 5.26 Å². The third kappa shape index (κ3) is 5.88. The summed E-state index contributed by atoms with van der Waals surface area (Å²) in [6, 6.07) is 14.2. The number of benzene rings is 2. The molecule has 10 heteroatoms. The van der Waals surface area contributed by atoms with Crippen molar-refractivity contribution in [3.8, 4) is 23.1 Å². The number of hydrogen-bond acceptors (Lipinski definition) is 9. The fourth-order valence-corrected chi connectivity index (χ4v) is 7.56. The van der Waals surface area contributed by atoms with E-state index in [-0.39, 0.29) is 30.3 Å². The summed E-state index contributed by atoms with van der Waals surface area (Å²) in [7, 11) is 1.83. The topological polar surface area (TPSA) is 113 Å². The van der Waals surface area contributed by atoms with Gasteiger partial charge in [-0.15, -0.1) is 11.3 Å². The number of aliphatic hydroxyl groups is 2. The number of aliphatic hydroxyl groups excluding tert-OH is 1. The number of aryl methyl sites for hydroxylation is 1. The summed E-state index contributed by atoms with van der Waals surface area (Å²) >= 11 is 1.61. The van der Waals surface area contributed by atoms with Crippen LogP contribution in [0.25, 0.3) is 11.3 Å². The van der Waals surface area contributed by atoms with Gasteiger partial charge in [0.05, 0.1) is 23.9 Å². The van der Waals surface area contributed by atoms with Gasteiger partial charge in [0, 0.05) is 62.2 Å². The lowest BCUT2D eigenvalue weighted by Gasteiger charge is -2.38. The number of fused-ring (bicyclic) bond motifs is 2. The number of carbonyl (C=O) groups is 1. The monoisotopic (exact) mass is 587 g/mol. The number of thiazole rings is 1. The third-order valence-electron chi connectivity index (χ3n) is 9.04. The molecule has 3 atom stereocenters. The van der Waals surface area contributed by atoms with E-state index in [4.69, 9.17) is 9.72 Å². The highest BCUT2D eigenvalue weighted by atomic mass is 32.1. The molecule has 1 saturated carbocycles. The van der Waals surface area contributed by atoms with Crippen LogP contribution in [-0.4, -0.2) is 77.0 Å². The van der Waals surface area contributed by atoms with E-state index in [0.717, 1.165) is 65.6 Å². The van der Waals surface area contributed by atoms with E-state index >= 15 is 0 Å². The maximum Gasteiger partial charge on any atom is 0.236 e. The Balaban J connectivity index is 1.15. The molecule has 3 heterocycles. The Morgan fingerprint density at radius 2 is 1.93 bits per heavy atom. The van der Waals surface area contributed by atoms with Gasteiger partial charge >= 0.3 is 0 Å². The Morgan fingerprint density at radius 1 is 1.14 bits per heavy atom. The largest absolute Gasteiger partial charge is 0.488 e. The molecule has 42 heavy (non-hydrogen) atoms. The van der Waals surface area contributed by atoms with Crippen LogP contribution in [0.5, 0.6) is 5.75 Å². The second-order valence-corrected chi connectivity index (χ2v) is 12.8. The quantitative estimate of drug-likeness (QED) is 0.385. The van der Waals surface area contributed by atoms with Crippen molar-refractivity contribution < 1.29 is 19.7 Å². The maximum absolute atomic E-state index is 12.1. The zero-order valence-corrected chi connectivity index (χ0v) is 24.9. The first kappa shape index (κ1) is 28.6. The Labute approximate surface area is 250 Å². The Bertz CT molecular complexity index is 1490. The first-order valence-corrected chi connectivity index (χ1v) is 15.5. The molecule has 2 bridgehead atoms. The summed E-state index contributed by atoms with van der Waals surface area (Å²) in [5.74, 6) is 1.34. The molecule has 1 amide bonds. The highest BCUT2D eigenvalue weighted by molar-refractivity contribution is 7.14. The second-order valence-electron chi connectivity index (χ2n) is 11.9. The van der Waals surface area contributed by atoms with Gasteiger partial charge in [-0.3, -0.25) is 9.69 Å². The zero-order valence-electron chi connectivity index (χ0n) is 24.1. The van der Waals surface area contributed by atoms with E-state index in [1.54, 1.807) is 16.2 Å². The summed E-state index contributed by atoms with van der Waals surface area (Å²) in [5.41, 5.74) is 5.25. The van der Waals surface area contributed by atoms with Gasteiger partial charge in [-0.1, -0.05) is 23.8 Å².